The molecule has 0 spiro atoms. The van der Waals surface area contributed by atoms with Crippen molar-refractivity contribution in [1.82, 2.24) is 4.98 Å². The van der Waals surface area contributed by atoms with Gasteiger partial charge in [0.2, 0.25) is 0 Å². The number of carbonyl (C=O) groups excluding carboxylic acids is 1. The number of hydrogen-bond acceptors (Lipinski definition) is 7. The maximum atomic E-state index is 13.3. The van der Waals surface area contributed by atoms with Crippen molar-refractivity contribution in [3.63, 3.8) is 0 Å². The van der Waals surface area contributed by atoms with Gasteiger partial charge in [-0.3, -0.25) is 9.69 Å². The number of sulfone groups is 1. The fourth-order valence-corrected chi connectivity index (χ4v) is 5.79. The number of hydrogen-bond donors (Lipinski definition) is 1. The average Bonchev–Trinajstić information content (AvgIpc) is 3.70. The van der Waals surface area contributed by atoms with Gasteiger partial charge >= 0.3 is 12.1 Å². The molecule has 2 aromatic carbocycles. The van der Waals surface area contributed by atoms with Crippen LogP contribution in [0.4, 0.5) is 10.6 Å². The number of carboxylic acids is 1. The minimum absolute atomic E-state index is 0.0542. The van der Waals surface area contributed by atoms with Crippen molar-refractivity contribution in [3.05, 3.63) is 77.0 Å². The van der Waals surface area contributed by atoms with E-state index in [1.807, 2.05) is 77.1 Å². The number of aromatic nitrogens is 1. The first kappa shape index (κ1) is 32.0. The molecule has 0 saturated heterocycles. The molecule has 2 atom stereocenters. The summed E-state index contributed by atoms with van der Waals surface area (Å²) in [5, 5.41) is 9.28. The van der Waals surface area contributed by atoms with Gasteiger partial charge in [-0.05, 0) is 111 Å². The van der Waals surface area contributed by atoms with Crippen molar-refractivity contribution >= 4 is 27.7 Å². The van der Waals surface area contributed by atoms with Crippen molar-refractivity contribution in [3.8, 4) is 16.9 Å². The molecule has 4 rings (SSSR count). The van der Waals surface area contributed by atoms with E-state index in [0.717, 1.165) is 33.4 Å². The number of pyridine rings is 1. The maximum Gasteiger partial charge on any atom is 0.416 e. The molecular weight excluding hydrogens is 568 g/mol. The lowest BCUT2D eigenvalue weighted by Gasteiger charge is -2.27. The summed E-state index contributed by atoms with van der Waals surface area (Å²) in [5.74, 6) is -0.0509. The molecule has 0 unspecified atom stereocenters. The lowest BCUT2D eigenvalue weighted by Crippen LogP contribution is -2.37. The van der Waals surface area contributed by atoms with Crippen molar-refractivity contribution in [2.45, 2.75) is 65.5 Å². The highest BCUT2D eigenvalue weighted by Gasteiger charge is 2.44. The van der Waals surface area contributed by atoms with Gasteiger partial charge < -0.3 is 14.6 Å². The van der Waals surface area contributed by atoms with Crippen LogP contribution in [0.25, 0.3) is 11.1 Å². The topological polar surface area (TPSA) is 123 Å². The molecule has 1 aliphatic carbocycles. The molecule has 1 aliphatic rings. The molecule has 43 heavy (non-hydrogen) atoms. The zero-order valence-corrected chi connectivity index (χ0v) is 26.4. The highest BCUT2D eigenvalue weighted by atomic mass is 32.2. The Morgan fingerprint density at radius 3 is 2.33 bits per heavy atom. The molecule has 230 valence electrons. The van der Waals surface area contributed by atoms with Gasteiger partial charge in [-0.1, -0.05) is 24.3 Å². The number of nitrogens with zero attached hydrogens (tertiary/aromatic N) is 2. The highest BCUT2D eigenvalue weighted by molar-refractivity contribution is 7.90. The van der Waals surface area contributed by atoms with Crippen LogP contribution in [0.1, 0.15) is 61.8 Å². The number of aryl methyl sites for hydroxylation is 2. The SMILES string of the molecule is Cc1cc(OCCCS(C)(=O)=O)cc(C)c1-c1cccc(CN(C(=O)OC(C)(C)C)c2ccc([C@H]3C[C@@H]3C(=O)O)cn2)c1. The second-order valence-electron chi connectivity index (χ2n) is 12.3. The normalized spacial score (nSPS) is 16.4. The molecule has 0 radical (unpaired) electrons. The number of amides is 1. The standard InChI is InChI=1S/C33H40N2O7S/c1-21-15-26(41-13-8-14-43(6,39)40)16-22(2)30(21)24-10-7-9-23(17-24)20-35(32(38)42-33(3,4)5)29-12-11-25(19-34-29)27-18-28(27)31(36)37/h7,9-12,15-17,19,27-28H,8,13-14,18,20H2,1-6H3,(H,36,37)/t27-,28+/m1/s1. The highest BCUT2D eigenvalue weighted by Crippen LogP contribution is 2.47. The summed E-state index contributed by atoms with van der Waals surface area (Å²) in [6, 6.07) is 15.4. The zero-order chi connectivity index (χ0) is 31.5. The van der Waals surface area contributed by atoms with Crippen LogP contribution in [-0.2, 0) is 25.9 Å². The Kier molecular flexibility index (Phi) is 9.49. The number of rotatable bonds is 11. The third-order valence-electron chi connectivity index (χ3n) is 7.19. The minimum Gasteiger partial charge on any atom is -0.494 e. The molecule has 1 fully saturated rings. The third kappa shape index (κ3) is 8.79. The van der Waals surface area contributed by atoms with E-state index in [0.29, 0.717) is 31.0 Å². The Labute approximate surface area is 253 Å². The van der Waals surface area contributed by atoms with Crippen LogP contribution in [0.3, 0.4) is 0 Å². The average molecular weight is 609 g/mol. The van der Waals surface area contributed by atoms with Gasteiger partial charge in [-0.15, -0.1) is 0 Å². The van der Waals surface area contributed by atoms with Gasteiger partial charge in [0.1, 0.15) is 27.0 Å². The van der Waals surface area contributed by atoms with E-state index in [2.05, 4.69) is 4.98 Å². The van der Waals surface area contributed by atoms with Crippen LogP contribution in [0.15, 0.2) is 54.7 Å². The summed E-state index contributed by atoms with van der Waals surface area (Å²) < 4.78 is 34.3. The summed E-state index contributed by atoms with van der Waals surface area (Å²) in [4.78, 5) is 30.7. The summed E-state index contributed by atoms with van der Waals surface area (Å²) in [7, 11) is -3.03. The first-order chi connectivity index (χ1) is 20.1. The van der Waals surface area contributed by atoms with Crippen LogP contribution in [0.5, 0.6) is 5.75 Å². The molecule has 0 aliphatic heterocycles. The molecule has 0 bridgehead atoms. The summed E-state index contributed by atoms with van der Waals surface area (Å²) >= 11 is 0. The Hall–Kier alpha value is -3.92. The smallest absolute Gasteiger partial charge is 0.416 e. The number of ether oxygens (including phenoxy) is 2. The van der Waals surface area contributed by atoms with Crippen molar-refractivity contribution < 1.29 is 32.6 Å². The molecule has 1 heterocycles. The molecule has 1 saturated carbocycles. The molecule has 3 aromatic rings. The fourth-order valence-electron chi connectivity index (χ4n) is 5.15. The predicted octanol–water partition coefficient (Wildman–Crippen LogP) is 6.31. The lowest BCUT2D eigenvalue weighted by atomic mass is 9.94. The lowest BCUT2D eigenvalue weighted by molar-refractivity contribution is -0.138. The summed E-state index contributed by atoms with van der Waals surface area (Å²) in [5.41, 5.74) is 5.07. The van der Waals surface area contributed by atoms with Gasteiger partial charge in [0.05, 0.1) is 24.8 Å². The molecule has 1 N–H and O–H groups in total. The number of anilines is 1. The van der Waals surface area contributed by atoms with E-state index in [1.54, 1.807) is 12.3 Å². The van der Waals surface area contributed by atoms with E-state index < -0.39 is 27.5 Å². The number of aliphatic carboxylic acids is 1. The Morgan fingerprint density at radius 1 is 1.07 bits per heavy atom. The second kappa shape index (κ2) is 12.8. The number of carboxylic acid groups (broad SMARTS) is 1. The predicted molar refractivity (Wildman–Crippen MR) is 166 cm³/mol. The molecule has 1 amide bonds. The Bertz CT molecular complexity index is 1570. The van der Waals surface area contributed by atoms with Crippen molar-refractivity contribution in [2.75, 3.05) is 23.5 Å². The van der Waals surface area contributed by atoms with E-state index in [1.165, 1.54) is 11.2 Å². The van der Waals surface area contributed by atoms with E-state index in [9.17, 15) is 23.1 Å². The van der Waals surface area contributed by atoms with Gasteiger partial charge in [-0.25, -0.2) is 18.2 Å². The Balaban J connectivity index is 1.56. The first-order valence-electron chi connectivity index (χ1n) is 14.3. The van der Waals surface area contributed by atoms with E-state index in [-0.39, 0.29) is 24.1 Å². The van der Waals surface area contributed by atoms with E-state index >= 15 is 0 Å². The van der Waals surface area contributed by atoms with Crippen LogP contribution < -0.4 is 9.64 Å². The van der Waals surface area contributed by atoms with Crippen LogP contribution in [-0.4, -0.2) is 54.8 Å². The number of benzene rings is 2. The van der Waals surface area contributed by atoms with Gasteiger partial charge in [0.25, 0.3) is 0 Å². The molecular formula is C33H40N2O7S. The molecule has 1 aromatic heterocycles. The zero-order valence-electron chi connectivity index (χ0n) is 25.6. The monoisotopic (exact) mass is 608 g/mol. The van der Waals surface area contributed by atoms with Crippen molar-refractivity contribution in [2.24, 2.45) is 5.92 Å². The van der Waals surface area contributed by atoms with Crippen LogP contribution >= 0.6 is 0 Å². The largest absolute Gasteiger partial charge is 0.494 e. The quantitative estimate of drug-likeness (QED) is 0.251. The molecule has 10 heteroatoms. The summed E-state index contributed by atoms with van der Waals surface area (Å²) in [6.07, 6.45) is 3.35. The fraction of sp³-hybridized carbons (Fsp3) is 0.424. The summed E-state index contributed by atoms with van der Waals surface area (Å²) in [6.45, 7) is 9.97. The van der Waals surface area contributed by atoms with Crippen LogP contribution in [0.2, 0.25) is 0 Å². The van der Waals surface area contributed by atoms with Gasteiger partial charge in [0, 0.05) is 12.5 Å². The third-order valence-corrected chi connectivity index (χ3v) is 8.22. The van der Waals surface area contributed by atoms with Crippen LogP contribution in [0, 0.1) is 19.8 Å². The second-order valence-corrected chi connectivity index (χ2v) is 14.5. The van der Waals surface area contributed by atoms with E-state index in [4.69, 9.17) is 9.47 Å². The van der Waals surface area contributed by atoms with Gasteiger partial charge in [0.15, 0.2) is 0 Å². The van der Waals surface area contributed by atoms with Crippen molar-refractivity contribution in [1.29, 1.82) is 0 Å². The minimum atomic E-state index is -3.03. The Morgan fingerprint density at radius 2 is 1.77 bits per heavy atom. The first-order valence-corrected chi connectivity index (χ1v) is 16.4. The molecule has 9 nitrogen and oxygen atoms in total. The number of carbonyl (C=O) groups is 2. The van der Waals surface area contributed by atoms with Gasteiger partial charge in [-0.2, -0.15) is 0 Å². The maximum absolute atomic E-state index is 13.3.